The average molecular weight is 293 g/mol. The molecule has 0 N–H and O–H groups in total. The van der Waals surface area contributed by atoms with E-state index < -0.39 is 0 Å². The van der Waals surface area contributed by atoms with Crippen molar-refractivity contribution in [3.05, 3.63) is 46.5 Å². The summed E-state index contributed by atoms with van der Waals surface area (Å²) in [4.78, 5) is 12.2. The highest BCUT2D eigenvalue weighted by atomic mass is 35.5. The number of hydrogen-bond donors (Lipinski definition) is 0. The summed E-state index contributed by atoms with van der Waals surface area (Å²) in [6.45, 7) is 8.57. The van der Waals surface area contributed by atoms with Crippen molar-refractivity contribution in [1.29, 1.82) is 0 Å². The smallest absolute Gasteiger partial charge is 0.310 e. The molecule has 0 saturated heterocycles. The third-order valence-corrected chi connectivity index (χ3v) is 4.37. The van der Waals surface area contributed by atoms with Crippen molar-refractivity contribution < 1.29 is 9.53 Å². The van der Waals surface area contributed by atoms with Crippen molar-refractivity contribution in [2.75, 3.05) is 0 Å². The molecular weight excluding hydrogens is 272 g/mol. The monoisotopic (exact) mass is 292 g/mol. The molecule has 0 bridgehead atoms. The normalized spacial score (nSPS) is 23.1. The van der Waals surface area contributed by atoms with Gasteiger partial charge in [0.2, 0.25) is 0 Å². The van der Waals surface area contributed by atoms with Crippen LogP contribution in [0.1, 0.15) is 33.3 Å². The fraction of sp³-hybridized carbons (Fsp3) is 0.471. The van der Waals surface area contributed by atoms with Crippen LogP contribution in [0.5, 0.6) is 0 Å². The van der Waals surface area contributed by atoms with E-state index in [-0.39, 0.29) is 29.8 Å². The Morgan fingerprint density at radius 3 is 2.60 bits per heavy atom. The van der Waals surface area contributed by atoms with Crippen LogP contribution in [-0.4, -0.2) is 5.97 Å². The zero-order valence-electron chi connectivity index (χ0n) is 12.4. The molecule has 2 nitrogen and oxygen atoms in total. The molecule has 1 aliphatic rings. The minimum absolute atomic E-state index is 0.00512. The van der Waals surface area contributed by atoms with E-state index in [1.165, 1.54) is 5.57 Å². The van der Waals surface area contributed by atoms with E-state index in [1.54, 1.807) is 6.07 Å². The molecule has 0 radical (unpaired) electrons. The molecule has 2 atom stereocenters. The minimum Gasteiger partial charge on any atom is -0.461 e. The molecule has 1 aromatic rings. The fourth-order valence-corrected chi connectivity index (χ4v) is 2.84. The second-order valence-electron chi connectivity index (χ2n) is 6.27. The van der Waals surface area contributed by atoms with Gasteiger partial charge in [0.05, 0.1) is 5.92 Å². The molecule has 108 valence electrons. The lowest BCUT2D eigenvalue weighted by Crippen LogP contribution is -2.10. The predicted octanol–water partition coefficient (Wildman–Crippen LogP) is 4.62. The molecule has 1 aliphatic carbocycles. The Labute approximate surface area is 125 Å². The Bertz CT molecular complexity index is 542. The van der Waals surface area contributed by atoms with Crippen LogP contribution >= 0.6 is 11.6 Å². The van der Waals surface area contributed by atoms with Crippen LogP contribution in [0.2, 0.25) is 5.02 Å². The van der Waals surface area contributed by atoms with Gasteiger partial charge in [0.25, 0.3) is 0 Å². The molecular formula is C17H21ClO2. The van der Waals surface area contributed by atoms with Crippen LogP contribution in [0.4, 0.5) is 0 Å². The first-order valence-corrected chi connectivity index (χ1v) is 7.27. The standard InChI is InChI=1S/C17H21ClO2/c1-11(2)9-13-15(17(13,3)4)16(19)20-10-12-7-5-6-8-14(12)18/h5-9,13,15H,10H2,1-4H3. The van der Waals surface area contributed by atoms with Gasteiger partial charge in [-0.15, -0.1) is 0 Å². The molecule has 2 rings (SSSR count). The van der Waals surface area contributed by atoms with Gasteiger partial charge < -0.3 is 4.74 Å². The summed E-state index contributed by atoms with van der Waals surface area (Å²) in [7, 11) is 0. The summed E-state index contributed by atoms with van der Waals surface area (Å²) in [6, 6.07) is 7.43. The van der Waals surface area contributed by atoms with Crippen LogP contribution in [-0.2, 0) is 16.1 Å². The van der Waals surface area contributed by atoms with Crippen LogP contribution in [0, 0.1) is 17.3 Å². The average Bonchev–Trinajstić information content (AvgIpc) is 2.88. The first-order chi connectivity index (χ1) is 9.34. The molecule has 0 spiro atoms. The van der Waals surface area contributed by atoms with Gasteiger partial charge in [-0.05, 0) is 31.2 Å². The maximum atomic E-state index is 12.2. The van der Waals surface area contributed by atoms with Crippen molar-refractivity contribution in [2.24, 2.45) is 17.3 Å². The van der Waals surface area contributed by atoms with Crippen molar-refractivity contribution in [1.82, 2.24) is 0 Å². The molecule has 1 fully saturated rings. The third kappa shape index (κ3) is 3.06. The molecule has 3 heteroatoms. The highest BCUT2D eigenvalue weighted by molar-refractivity contribution is 6.31. The highest BCUT2D eigenvalue weighted by Crippen LogP contribution is 2.59. The lowest BCUT2D eigenvalue weighted by Gasteiger charge is -2.07. The van der Waals surface area contributed by atoms with Crippen LogP contribution in [0.15, 0.2) is 35.9 Å². The molecule has 0 heterocycles. The third-order valence-electron chi connectivity index (χ3n) is 4.01. The zero-order valence-corrected chi connectivity index (χ0v) is 13.2. The number of hydrogen-bond acceptors (Lipinski definition) is 2. The van der Waals surface area contributed by atoms with Gasteiger partial charge in [-0.3, -0.25) is 4.79 Å². The van der Waals surface area contributed by atoms with Gasteiger partial charge in [0, 0.05) is 10.6 Å². The number of carbonyl (C=O) groups excluding carboxylic acids is 1. The van der Waals surface area contributed by atoms with Crippen molar-refractivity contribution in [2.45, 2.75) is 34.3 Å². The first-order valence-electron chi connectivity index (χ1n) is 6.89. The van der Waals surface area contributed by atoms with E-state index in [0.717, 1.165) is 5.56 Å². The molecule has 2 unspecified atom stereocenters. The van der Waals surface area contributed by atoms with Gasteiger partial charge in [-0.2, -0.15) is 0 Å². The SMILES string of the molecule is CC(C)=CC1C(C(=O)OCc2ccccc2Cl)C1(C)C. The summed E-state index contributed by atoms with van der Waals surface area (Å²) in [5.41, 5.74) is 2.08. The predicted molar refractivity (Wildman–Crippen MR) is 81.4 cm³/mol. The summed E-state index contributed by atoms with van der Waals surface area (Å²) in [5.74, 6) is 0.114. The number of ether oxygens (including phenoxy) is 1. The molecule has 0 aromatic heterocycles. The van der Waals surface area contributed by atoms with Crippen LogP contribution in [0.3, 0.4) is 0 Å². The Kier molecular flexibility index (Phi) is 4.24. The lowest BCUT2D eigenvalue weighted by molar-refractivity contribution is -0.147. The maximum absolute atomic E-state index is 12.2. The summed E-state index contributed by atoms with van der Waals surface area (Å²) >= 11 is 6.06. The molecule has 0 amide bonds. The van der Waals surface area contributed by atoms with Crippen molar-refractivity contribution >= 4 is 17.6 Å². The number of allylic oxidation sites excluding steroid dienone is 2. The minimum atomic E-state index is -0.127. The summed E-state index contributed by atoms with van der Waals surface area (Å²) in [6.07, 6.45) is 2.17. The van der Waals surface area contributed by atoms with Gasteiger partial charge >= 0.3 is 5.97 Å². The van der Waals surface area contributed by atoms with Gasteiger partial charge in [-0.25, -0.2) is 0 Å². The van der Waals surface area contributed by atoms with Gasteiger partial charge in [-0.1, -0.05) is 55.3 Å². The Morgan fingerprint density at radius 1 is 1.35 bits per heavy atom. The molecule has 0 aliphatic heterocycles. The fourth-order valence-electron chi connectivity index (χ4n) is 2.65. The second-order valence-corrected chi connectivity index (χ2v) is 6.68. The number of rotatable bonds is 4. The second kappa shape index (κ2) is 5.61. The van der Waals surface area contributed by atoms with Gasteiger partial charge in [0.1, 0.15) is 6.61 Å². The van der Waals surface area contributed by atoms with Crippen molar-refractivity contribution in [3.8, 4) is 0 Å². The van der Waals surface area contributed by atoms with E-state index in [0.29, 0.717) is 5.02 Å². The molecule has 1 aromatic carbocycles. The topological polar surface area (TPSA) is 26.3 Å². The number of benzene rings is 1. The largest absolute Gasteiger partial charge is 0.461 e. The maximum Gasteiger partial charge on any atom is 0.310 e. The van der Waals surface area contributed by atoms with E-state index in [2.05, 4.69) is 33.8 Å². The Balaban J connectivity index is 1.97. The number of carbonyl (C=O) groups is 1. The van der Waals surface area contributed by atoms with E-state index >= 15 is 0 Å². The number of halogens is 1. The number of esters is 1. The molecule has 20 heavy (non-hydrogen) atoms. The highest BCUT2D eigenvalue weighted by Gasteiger charge is 2.61. The Hall–Kier alpha value is -1.28. The van der Waals surface area contributed by atoms with E-state index in [9.17, 15) is 4.79 Å². The summed E-state index contributed by atoms with van der Waals surface area (Å²) < 4.78 is 5.43. The van der Waals surface area contributed by atoms with Crippen LogP contribution < -0.4 is 0 Å². The summed E-state index contributed by atoms with van der Waals surface area (Å²) in [5, 5.41) is 0.635. The quantitative estimate of drug-likeness (QED) is 0.598. The van der Waals surface area contributed by atoms with E-state index in [1.807, 2.05) is 18.2 Å². The van der Waals surface area contributed by atoms with Crippen molar-refractivity contribution in [3.63, 3.8) is 0 Å². The Morgan fingerprint density at radius 2 is 2.00 bits per heavy atom. The van der Waals surface area contributed by atoms with Gasteiger partial charge in [0.15, 0.2) is 0 Å². The lowest BCUT2D eigenvalue weighted by atomic mass is 10.1. The first kappa shape index (κ1) is 15.1. The van der Waals surface area contributed by atoms with Crippen LogP contribution in [0.25, 0.3) is 0 Å². The van der Waals surface area contributed by atoms with E-state index in [4.69, 9.17) is 16.3 Å². The molecule has 1 saturated carbocycles. The zero-order chi connectivity index (χ0) is 14.9.